The molecule has 0 aromatic heterocycles. The van der Waals surface area contributed by atoms with Gasteiger partial charge >= 0.3 is 0 Å². The Kier molecular flexibility index (Phi) is 4.62. The maximum Gasteiger partial charge on any atom is 0.229 e. The fraction of sp³-hybridized carbons (Fsp3) is 0.929. The van der Waals surface area contributed by atoms with Crippen LogP contribution in [0, 0.1) is 5.41 Å². The molecule has 1 unspecified atom stereocenters. The van der Waals surface area contributed by atoms with E-state index in [9.17, 15) is 4.79 Å². The lowest BCUT2D eigenvalue weighted by molar-refractivity contribution is -0.152. The molecule has 18 heavy (non-hydrogen) atoms. The van der Waals surface area contributed by atoms with Gasteiger partial charge < -0.3 is 15.0 Å². The minimum atomic E-state index is -0.106. The lowest BCUT2D eigenvalue weighted by atomic mass is 9.74. The molecule has 2 aliphatic rings. The molecule has 0 saturated carbocycles. The maximum absolute atomic E-state index is 12.9. The minimum absolute atomic E-state index is 0.106. The average molecular weight is 254 g/mol. The van der Waals surface area contributed by atoms with Gasteiger partial charge in [-0.1, -0.05) is 13.3 Å². The molecule has 2 rings (SSSR count). The number of piperidine rings is 1. The number of hydrogen-bond acceptors (Lipinski definition) is 3. The van der Waals surface area contributed by atoms with Crippen LogP contribution < -0.4 is 5.32 Å². The first-order valence-corrected chi connectivity index (χ1v) is 7.29. The van der Waals surface area contributed by atoms with E-state index in [0.29, 0.717) is 19.1 Å². The van der Waals surface area contributed by atoms with Crippen molar-refractivity contribution >= 4 is 5.91 Å². The molecule has 2 fully saturated rings. The minimum Gasteiger partial charge on any atom is -0.377 e. The first-order chi connectivity index (χ1) is 8.69. The van der Waals surface area contributed by atoms with Crippen LogP contribution in [0.2, 0.25) is 0 Å². The van der Waals surface area contributed by atoms with Gasteiger partial charge in [-0.05, 0) is 39.3 Å². The largest absolute Gasteiger partial charge is 0.377 e. The third kappa shape index (κ3) is 2.69. The highest BCUT2D eigenvalue weighted by Gasteiger charge is 2.42. The summed E-state index contributed by atoms with van der Waals surface area (Å²) < 4.78 is 5.44. The first kappa shape index (κ1) is 13.8. The Morgan fingerprint density at radius 2 is 2.17 bits per heavy atom. The van der Waals surface area contributed by atoms with Gasteiger partial charge in [-0.25, -0.2) is 0 Å². The van der Waals surface area contributed by atoms with Gasteiger partial charge in [-0.3, -0.25) is 4.79 Å². The number of amides is 1. The number of rotatable bonds is 3. The van der Waals surface area contributed by atoms with Crippen LogP contribution in [0.4, 0.5) is 0 Å². The second-order valence-electron chi connectivity index (χ2n) is 5.70. The Balaban J connectivity index is 2.11. The van der Waals surface area contributed by atoms with Crippen molar-refractivity contribution in [2.24, 2.45) is 5.41 Å². The van der Waals surface area contributed by atoms with Crippen LogP contribution in [0.1, 0.15) is 39.5 Å². The molecule has 0 radical (unpaired) electrons. The third-order valence-electron chi connectivity index (χ3n) is 4.37. The van der Waals surface area contributed by atoms with Gasteiger partial charge in [-0.15, -0.1) is 0 Å². The Hall–Kier alpha value is -0.610. The third-order valence-corrected chi connectivity index (χ3v) is 4.37. The number of nitrogens with zero attached hydrogens (tertiary/aromatic N) is 1. The smallest absolute Gasteiger partial charge is 0.229 e. The fourth-order valence-corrected chi connectivity index (χ4v) is 3.29. The molecule has 2 saturated heterocycles. The second kappa shape index (κ2) is 6.02. The van der Waals surface area contributed by atoms with E-state index in [1.165, 1.54) is 0 Å². The van der Waals surface area contributed by atoms with Crippen molar-refractivity contribution in [2.75, 3.05) is 32.8 Å². The second-order valence-corrected chi connectivity index (χ2v) is 5.70. The number of nitrogens with one attached hydrogen (secondary N) is 1. The number of hydrogen-bond donors (Lipinski definition) is 1. The van der Waals surface area contributed by atoms with Crippen molar-refractivity contribution in [3.05, 3.63) is 0 Å². The predicted molar refractivity (Wildman–Crippen MR) is 71.4 cm³/mol. The topological polar surface area (TPSA) is 41.6 Å². The van der Waals surface area contributed by atoms with Crippen molar-refractivity contribution in [3.63, 3.8) is 0 Å². The Bertz CT molecular complexity index is 282. The van der Waals surface area contributed by atoms with Gasteiger partial charge in [-0.2, -0.15) is 0 Å². The summed E-state index contributed by atoms with van der Waals surface area (Å²) in [5.41, 5.74) is -0.106. The van der Waals surface area contributed by atoms with Crippen molar-refractivity contribution in [3.8, 4) is 0 Å². The number of carbonyl (C=O) groups excluding carboxylic acids is 1. The SMILES string of the molecule is CCCC1(C(=O)N2CCOCC2C)CCNCC1. The summed E-state index contributed by atoms with van der Waals surface area (Å²) in [4.78, 5) is 15.0. The van der Waals surface area contributed by atoms with Crippen LogP contribution in [0.15, 0.2) is 0 Å². The Morgan fingerprint density at radius 1 is 1.44 bits per heavy atom. The van der Waals surface area contributed by atoms with Crippen molar-refractivity contribution in [1.82, 2.24) is 10.2 Å². The lowest BCUT2D eigenvalue weighted by Gasteiger charge is -2.43. The zero-order valence-corrected chi connectivity index (χ0v) is 11.7. The van der Waals surface area contributed by atoms with E-state index in [0.717, 1.165) is 45.3 Å². The summed E-state index contributed by atoms with van der Waals surface area (Å²) in [6, 6.07) is 0.231. The van der Waals surface area contributed by atoms with Crippen LogP contribution in [-0.2, 0) is 9.53 Å². The monoisotopic (exact) mass is 254 g/mol. The highest BCUT2D eigenvalue weighted by molar-refractivity contribution is 5.83. The molecule has 0 aromatic carbocycles. The Labute approximate surface area is 110 Å². The van der Waals surface area contributed by atoms with Gasteiger partial charge in [0.2, 0.25) is 5.91 Å². The van der Waals surface area contributed by atoms with E-state index < -0.39 is 0 Å². The van der Waals surface area contributed by atoms with Gasteiger partial charge in [0.25, 0.3) is 0 Å². The summed E-state index contributed by atoms with van der Waals surface area (Å²) in [7, 11) is 0. The summed E-state index contributed by atoms with van der Waals surface area (Å²) in [6.45, 7) is 8.37. The Morgan fingerprint density at radius 3 is 2.78 bits per heavy atom. The maximum atomic E-state index is 12.9. The lowest BCUT2D eigenvalue weighted by Crippen LogP contribution is -2.55. The number of carbonyl (C=O) groups is 1. The summed E-state index contributed by atoms with van der Waals surface area (Å²) in [5.74, 6) is 0.377. The van der Waals surface area contributed by atoms with E-state index in [1.807, 2.05) is 0 Å². The van der Waals surface area contributed by atoms with E-state index in [-0.39, 0.29) is 11.5 Å². The molecular formula is C14H26N2O2. The molecule has 4 heteroatoms. The van der Waals surface area contributed by atoms with Gasteiger partial charge in [0.15, 0.2) is 0 Å². The van der Waals surface area contributed by atoms with Gasteiger partial charge in [0.05, 0.1) is 24.7 Å². The molecule has 0 spiro atoms. The molecular weight excluding hydrogens is 228 g/mol. The van der Waals surface area contributed by atoms with Crippen molar-refractivity contribution in [2.45, 2.75) is 45.6 Å². The van der Waals surface area contributed by atoms with Crippen LogP contribution in [0.5, 0.6) is 0 Å². The average Bonchev–Trinajstić information content (AvgIpc) is 2.40. The van der Waals surface area contributed by atoms with Crippen LogP contribution in [-0.4, -0.2) is 49.7 Å². The van der Waals surface area contributed by atoms with E-state index in [4.69, 9.17) is 4.74 Å². The highest BCUT2D eigenvalue weighted by atomic mass is 16.5. The zero-order valence-electron chi connectivity index (χ0n) is 11.7. The fourth-order valence-electron chi connectivity index (χ4n) is 3.29. The molecule has 0 aromatic rings. The van der Waals surface area contributed by atoms with Crippen LogP contribution >= 0.6 is 0 Å². The molecule has 104 valence electrons. The van der Waals surface area contributed by atoms with Crippen LogP contribution in [0.25, 0.3) is 0 Å². The van der Waals surface area contributed by atoms with E-state index in [2.05, 4.69) is 24.1 Å². The van der Waals surface area contributed by atoms with E-state index >= 15 is 0 Å². The summed E-state index contributed by atoms with van der Waals surface area (Å²) in [5, 5.41) is 3.37. The van der Waals surface area contributed by atoms with Crippen molar-refractivity contribution in [1.29, 1.82) is 0 Å². The number of ether oxygens (including phenoxy) is 1. The van der Waals surface area contributed by atoms with Gasteiger partial charge in [0, 0.05) is 6.54 Å². The summed E-state index contributed by atoms with van der Waals surface area (Å²) >= 11 is 0. The van der Waals surface area contributed by atoms with E-state index in [1.54, 1.807) is 0 Å². The number of morpholine rings is 1. The first-order valence-electron chi connectivity index (χ1n) is 7.29. The normalized spacial score (nSPS) is 28.1. The molecule has 1 N–H and O–H groups in total. The zero-order chi connectivity index (χ0) is 13.0. The summed E-state index contributed by atoms with van der Waals surface area (Å²) in [6.07, 6.45) is 4.09. The van der Waals surface area contributed by atoms with Crippen LogP contribution in [0.3, 0.4) is 0 Å². The standard InChI is InChI=1S/C14H26N2O2/c1-3-4-14(5-7-15-8-6-14)13(17)16-9-10-18-11-12(16)2/h12,15H,3-11H2,1-2H3. The molecule has 0 aliphatic carbocycles. The molecule has 2 heterocycles. The highest BCUT2D eigenvalue weighted by Crippen LogP contribution is 2.36. The predicted octanol–water partition coefficient (Wildman–Crippen LogP) is 1.40. The molecule has 0 bridgehead atoms. The molecule has 4 nitrogen and oxygen atoms in total. The molecule has 2 aliphatic heterocycles. The van der Waals surface area contributed by atoms with Gasteiger partial charge in [0.1, 0.15) is 0 Å². The van der Waals surface area contributed by atoms with Crippen molar-refractivity contribution < 1.29 is 9.53 Å². The quantitative estimate of drug-likeness (QED) is 0.828. The molecule has 1 atom stereocenters. The molecule has 1 amide bonds.